The predicted octanol–water partition coefficient (Wildman–Crippen LogP) is 0.706. The monoisotopic (exact) mass is 319 g/mol. The lowest BCUT2D eigenvalue weighted by Gasteiger charge is -2.22. The number of carboxylic acid groups (broad SMARTS) is 1. The predicted molar refractivity (Wildman–Crippen MR) is 69.8 cm³/mol. The van der Waals surface area contributed by atoms with Gasteiger partial charge in [0, 0.05) is 7.05 Å². The third-order valence-corrected chi connectivity index (χ3v) is 4.89. The Kier molecular flexibility index (Phi) is 5.02. The molecule has 7 nitrogen and oxygen atoms in total. The highest BCUT2D eigenvalue weighted by atomic mass is 32.2. The minimum atomic E-state index is -4.30. The Labute approximate surface area is 121 Å². The van der Waals surface area contributed by atoms with Crippen molar-refractivity contribution in [1.82, 2.24) is 4.31 Å². The summed E-state index contributed by atoms with van der Waals surface area (Å²) in [5.41, 5.74) is -0.498. The number of methoxy groups -OCH3 is 1. The molecular weight excluding hydrogens is 305 g/mol. The molecule has 9 heteroatoms. The van der Waals surface area contributed by atoms with Crippen molar-refractivity contribution in [2.45, 2.75) is 17.9 Å². The summed E-state index contributed by atoms with van der Waals surface area (Å²) in [6.45, 7) is 1.17. The molecule has 1 unspecified atom stereocenters. The molecule has 0 fully saturated rings. The number of carboxylic acids is 1. The van der Waals surface area contributed by atoms with Gasteiger partial charge in [0.25, 0.3) is 0 Å². The van der Waals surface area contributed by atoms with Gasteiger partial charge in [0.05, 0.1) is 17.6 Å². The van der Waals surface area contributed by atoms with Crippen LogP contribution in [0.5, 0.6) is 0 Å². The van der Waals surface area contributed by atoms with Crippen LogP contribution in [0.15, 0.2) is 23.1 Å². The van der Waals surface area contributed by atoms with E-state index in [2.05, 4.69) is 4.74 Å². The molecule has 0 saturated heterocycles. The summed E-state index contributed by atoms with van der Waals surface area (Å²) >= 11 is 0. The van der Waals surface area contributed by atoms with E-state index in [9.17, 15) is 22.4 Å². The van der Waals surface area contributed by atoms with Crippen molar-refractivity contribution >= 4 is 22.0 Å². The third-order valence-electron chi connectivity index (χ3n) is 2.91. The lowest BCUT2D eigenvalue weighted by Crippen LogP contribution is -2.40. The van der Waals surface area contributed by atoms with Crippen molar-refractivity contribution in [1.29, 1.82) is 0 Å². The van der Waals surface area contributed by atoms with Crippen LogP contribution >= 0.6 is 0 Å². The van der Waals surface area contributed by atoms with E-state index >= 15 is 0 Å². The molecule has 0 heterocycles. The summed E-state index contributed by atoms with van der Waals surface area (Å²) in [5, 5.41) is 8.87. The molecule has 116 valence electrons. The van der Waals surface area contributed by atoms with E-state index in [1.54, 1.807) is 0 Å². The molecule has 1 N–H and O–H groups in total. The van der Waals surface area contributed by atoms with E-state index < -0.39 is 44.3 Å². The highest BCUT2D eigenvalue weighted by Crippen LogP contribution is 2.22. The number of aliphatic carboxylic acids is 1. The van der Waals surface area contributed by atoms with Crippen molar-refractivity contribution in [2.75, 3.05) is 14.2 Å². The molecule has 1 atom stereocenters. The molecule has 0 aliphatic heterocycles. The van der Waals surface area contributed by atoms with Gasteiger partial charge >= 0.3 is 11.9 Å². The van der Waals surface area contributed by atoms with Crippen molar-refractivity contribution in [3.63, 3.8) is 0 Å². The molecule has 1 aromatic carbocycles. The highest BCUT2D eigenvalue weighted by molar-refractivity contribution is 7.89. The van der Waals surface area contributed by atoms with Crippen LogP contribution in [0.3, 0.4) is 0 Å². The Morgan fingerprint density at radius 3 is 2.43 bits per heavy atom. The Balaban J connectivity index is 3.45. The molecule has 21 heavy (non-hydrogen) atoms. The minimum absolute atomic E-state index is 0.498. The zero-order valence-corrected chi connectivity index (χ0v) is 12.3. The number of halogens is 1. The fourth-order valence-electron chi connectivity index (χ4n) is 1.52. The molecule has 0 bridgehead atoms. The normalized spacial score (nSPS) is 13.0. The first-order chi connectivity index (χ1) is 9.62. The van der Waals surface area contributed by atoms with Gasteiger partial charge in [0.1, 0.15) is 11.9 Å². The summed E-state index contributed by atoms with van der Waals surface area (Å²) in [5.74, 6) is -3.21. The van der Waals surface area contributed by atoms with Crippen LogP contribution in [0.25, 0.3) is 0 Å². The molecule has 1 aromatic rings. The topological polar surface area (TPSA) is 101 Å². The fraction of sp³-hybridized carbons (Fsp3) is 0.333. The first-order valence-electron chi connectivity index (χ1n) is 5.71. The molecule has 1 rings (SSSR count). The van der Waals surface area contributed by atoms with Gasteiger partial charge in [-0.25, -0.2) is 17.6 Å². The number of rotatable bonds is 5. The summed E-state index contributed by atoms with van der Waals surface area (Å²) in [4.78, 5) is 21.9. The average Bonchev–Trinajstić information content (AvgIpc) is 2.44. The maximum absolute atomic E-state index is 13.2. The van der Waals surface area contributed by atoms with Crippen molar-refractivity contribution in [2.24, 2.45) is 0 Å². The van der Waals surface area contributed by atoms with E-state index in [1.165, 1.54) is 6.92 Å². The minimum Gasteiger partial charge on any atom is -0.480 e. The molecule has 0 aliphatic rings. The first kappa shape index (κ1) is 17.1. The number of hydrogen-bond donors (Lipinski definition) is 1. The maximum atomic E-state index is 13.2. The lowest BCUT2D eigenvalue weighted by molar-refractivity contribution is -0.140. The summed E-state index contributed by atoms with van der Waals surface area (Å²) in [6, 6.07) is 1.11. The largest absolute Gasteiger partial charge is 0.480 e. The van der Waals surface area contributed by atoms with Gasteiger partial charge in [-0.1, -0.05) is 0 Å². The molecule has 0 radical (unpaired) electrons. The number of likely N-dealkylation sites (N-methyl/N-ethyl adjacent to an activating group) is 1. The van der Waals surface area contributed by atoms with Gasteiger partial charge < -0.3 is 9.84 Å². The second-order valence-corrected chi connectivity index (χ2v) is 6.13. The Morgan fingerprint density at radius 2 is 1.95 bits per heavy atom. The fourth-order valence-corrected chi connectivity index (χ4v) is 2.99. The number of sulfonamides is 1. The van der Waals surface area contributed by atoms with E-state index in [1.807, 2.05) is 0 Å². The van der Waals surface area contributed by atoms with E-state index in [-0.39, 0.29) is 0 Å². The maximum Gasteiger partial charge on any atom is 0.339 e. The summed E-state index contributed by atoms with van der Waals surface area (Å²) in [7, 11) is -2.23. The first-order valence-corrected chi connectivity index (χ1v) is 7.15. The number of hydrogen-bond acceptors (Lipinski definition) is 5. The van der Waals surface area contributed by atoms with Gasteiger partial charge in [0.2, 0.25) is 10.0 Å². The summed E-state index contributed by atoms with van der Waals surface area (Å²) < 4.78 is 42.9. The lowest BCUT2D eigenvalue weighted by atomic mass is 10.2. The Morgan fingerprint density at radius 1 is 1.38 bits per heavy atom. The van der Waals surface area contributed by atoms with Crippen LogP contribution in [0.1, 0.15) is 17.3 Å². The van der Waals surface area contributed by atoms with Crippen molar-refractivity contribution < 1.29 is 32.2 Å². The van der Waals surface area contributed by atoms with Crippen molar-refractivity contribution in [3.05, 3.63) is 29.6 Å². The number of carbonyl (C=O) groups excluding carboxylic acids is 1. The second-order valence-electron chi connectivity index (χ2n) is 4.17. The number of benzene rings is 1. The van der Waals surface area contributed by atoms with Crippen LogP contribution in [0, 0.1) is 5.82 Å². The number of ether oxygens (including phenoxy) is 1. The van der Waals surface area contributed by atoms with E-state index in [0.717, 1.165) is 32.4 Å². The van der Waals surface area contributed by atoms with E-state index in [0.29, 0.717) is 4.31 Å². The van der Waals surface area contributed by atoms with Gasteiger partial charge in [-0.05, 0) is 25.1 Å². The molecule has 0 spiro atoms. The third kappa shape index (κ3) is 3.37. The number of esters is 1. The van der Waals surface area contributed by atoms with Crippen LogP contribution < -0.4 is 0 Å². The van der Waals surface area contributed by atoms with Gasteiger partial charge in [-0.3, -0.25) is 4.79 Å². The highest BCUT2D eigenvalue weighted by Gasteiger charge is 2.33. The average molecular weight is 319 g/mol. The molecular formula is C12H14FNO6S. The standard InChI is InChI=1S/C12H14FNO6S/c1-7(11(15)16)14(2)21(18,19)10-5-4-8(13)6-9(10)12(17)20-3/h4-7H,1-3H3,(H,15,16). The molecule has 0 aromatic heterocycles. The number of carbonyl (C=O) groups is 2. The Hall–Kier alpha value is -2.00. The smallest absolute Gasteiger partial charge is 0.339 e. The molecule has 0 amide bonds. The van der Waals surface area contributed by atoms with Crippen LogP contribution in [-0.2, 0) is 19.6 Å². The van der Waals surface area contributed by atoms with E-state index in [4.69, 9.17) is 5.11 Å². The van der Waals surface area contributed by atoms with Crippen LogP contribution in [0.2, 0.25) is 0 Å². The summed E-state index contributed by atoms with van der Waals surface area (Å²) in [6.07, 6.45) is 0. The van der Waals surface area contributed by atoms with Gasteiger partial charge in [0.15, 0.2) is 0 Å². The van der Waals surface area contributed by atoms with Gasteiger partial charge in [-0.2, -0.15) is 4.31 Å². The second kappa shape index (κ2) is 6.19. The quantitative estimate of drug-likeness (QED) is 0.802. The van der Waals surface area contributed by atoms with Crippen LogP contribution in [-0.4, -0.2) is 50.0 Å². The SMILES string of the molecule is COC(=O)c1cc(F)ccc1S(=O)(=O)N(C)C(C)C(=O)O. The van der Waals surface area contributed by atoms with Crippen LogP contribution in [0.4, 0.5) is 4.39 Å². The molecule has 0 aliphatic carbocycles. The number of nitrogens with zero attached hydrogens (tertiary/aromatic N) is 1. The zero-order chi connectivity index (χ0) is 16.4. The Bertz CT molecular complexity index is 672. The molecule has 0 saturated carbocycles. The van der Waals surface area contributed by atoms with Gasteiger partial charge in [-0.15, -0.1) is 0 Å². The van der Waals surface area contributed by atoms with Crippen molar-refractivity contribution in [3.8, 4) is 0 Å². The zero-order valence-electron chi connectivity index (χ0n) is 11.5.